The Hall–Kier alpha value is -2.70. The molecule has 1 heterocycles. The number of benzene rings is 1. The van der Waals surface area contributed by atoms with Crippen LogP contribution in [-0.4, -0.2) is 21.5 Å². The summed E-state index contributed by atoms with van der Waals surface area (Å²) in [6.07, 6.45) is 1.25. The maximum absolute atomic E-state index is 11.2. The Kier molecular flexibility index (Phi) is 4.65. The number of ether oxygens (including phenoxy) is 1. The summed E-state index contributed by atoms with van der Waals surface area (Å²) < 4.78 is 5.19. The van der Waals surface area contributed by atoms with E-state index in [-0.39, 0.29) is 23.4 Å². The van der Waals surface area contributed by atoms with Crippen LogP contribution >= 0.6 is 0 Å². The maximum Gasteiger partial charge on any atom is 0.372 e. The molecule has 1 atom stereocenters. The molecule has 0 aliphatic carbocycles. The first kappa shape index (κ1) is 14.7. The van der Waals surface area contributed by atoms with Crippen molar-refractivity contribution in [2.24, 2.45) is 0 Å². The Morgan fingerprint density at radius 2 is 2.05 bits per heavy atom. The second-order valence-electron chi connectivity index (χ2n) is 4.34. The molecule has 7 nitrogen and oxygen atoms in total. The number of nitrogens with zero attached hydrogens (tertiary/aromatic N) is 3. The van der Waals surface area contributed by atoms with Gasteiger partial charge in [0, 0.05) is 0 Å². The molecule has 110 valence electrons. The molecule has 0 saturated heterocycles. The van der Waals surface area contributed by atoms with Gasteiger partial charge in [0.25, 0.3) is 5.88 Å². The smallest absolute Gasteiger partial charge is 0.372 e. The summed E-state index contributed by atoms with van der Waals surface area (Å²) in [5, 5.41) is 14.3. The number of anilines is 1. The lowest BCUT2D eigenvalue weighted by Crippen LogP contribution is -2.11. The van der Waals surface area contributed by atoms with Gasteiger partial charge in [-0.25, -0.2) is 4.98 Å². The molecule has 1 unspecified atom stereocenters. The van der Waals surface area contributed by atoms with E-state index in [0.29, 0.717) is 6.61 Å². The predicted molar refractivity (Wildman–Crippen MR) is 78.3 cm³/mol. The highest BCUT2D eigenvalue weighted by Crippen LogP contribution is 2.32. The molecule has 1 aromatic heterocycles. The zero-order valence-electron chi connectivity index (χ0n) is 11.8. The summed E-state index contributed by atoms with van der Waals surface area (Å²) in [5.74, 6) is 0.120. The average Bonchev–Trinajstić information content (AvgIpc) is 2.48. The van der Waals surface area contributed by atoms with Gasteiger partial charge < -0.3 is 10.1 Å². The van der Waals surface area contributed by atoms with Gasteiger partial charge in [-0.1, -0.05) is 30.3 Å². The standard InChI is InChI=1S/C14H16N4O3/c1-3-21-14-12(18(19)20)13(15-9-16-14)17-10(2)11-7-5-4-6-8-11/h4-10H,3H2,1-2H3,(H,15,16,17). The topological polar surface area (TPSA) is 90.2 Å². The molecule has 7 heteroatoms. The van der Waals surface area contributed by atoms with Crippen LogP contribution in [0.5, 0.6) is 5.88 Å². The van der Waals surface area contributed by atoms with Crippen LogP contribution < -0.4 is 10.1 Å². The lowest BCUT2D eigenvalue weighted by atomic mass is 10.1. The summed E-state index contributed by atoms with van der Waals surface area (Å²) in [6.45, 7) is 3.94. The van der Waals surface area contributed by atoms with Crippen molar-refractivity contribution in [3.05, 3.63) is 52.3 Å². The highest BCUT2D eigenvalue weighted by atomic mass is 16.6. The monoisotopic (exact) mass is 288 g/mol. The molecule has 1 aromatic carbocycles. The number of aromatic nitrogens is 2. The Labute approximate surface area is 122 Å². The number of nitro groups is 1. The molecule has 0 bridgehead atoms. The van der Waals surface area contributed by atoms with Gasteiger partial charge in [0.2, 0.25) is 5.82 Å². The summed E-state index contributed by atoms with van der Waals surface area (Å²) in [5.41, 5.74) is 0.755. The van der Waals surface area contributed by atoms with Crippen LogP contribution in [0.4, 0.5) is 11.5 Å². The summed E-state index contributed by atoms with van der Waals surface area (Å²) in [6, 6.07) is 9.48. The lowest BCUT2D eigenvalue weighted by molar-refractivity contribution is -0.385. The summed E-state index contributed by atoms with van der Waals surface area (Å²) >= 11 is 0. The molecule has 0 fully saturated rings. The van der Waals surface area contributed by atoms with E-state index >= 15 is 0 Å². The number of hydrogen-bond donors (Lipinski definition) is 1. The van der Waals surface area contributed by atoms with Crippen LogP contribution in [0.25, 0.3) is 0 Å². The van der Waals surface area contributed by atoms with Crippen molar-refractivity contribution >= 4 is 11.5 Å². The normalized spacial score (nSPS) is 11.7. The largest absolute Gasteiger partial charge is 0.473 e. The minimum absolute atomic E-state index is 0.0275. The van der Waals surface area contributed by atoms with E-state index in [1.165, 1.54) is 6.33 Å². The average molecular weight is 288 g/mol. The van der Waals surface area contributed by atoms with Crippen LogP contribution in [0.15, 0.2) is 36.7 Å². The summed E-state index contributed by atoms with van der Waals surface area (Å²) in [7, 11) is 0. The second kappa shape index (κ2) is 6.65. The minimum Gasteiger partial charge on any atom is -0.473 e. The van der Waals surface area contributed by atoms with Gasteiger partial charge >= 0.3 is 5.69 Å². The molecule has 2 aromatic rings. The quantitative estimate of drug-likeness (QED) is 0.649. The first-order chi connectivity index (χ1) is 10.1. The molecule has 1 N–H and O–H groups in total. The van der Waals surface area contributed by atoms with Crippen molar-refractivity contribution in [2.75, 3.05) is 11.9 Å². The molecule has 0 spiro atoms. The fourth-order valence-corrected chi connectivity index (χ4v) is 1.91. The van der Waals surface area contributed by atoms with E-state index in [4.69, 9.17) is 4.74 Å². The highest BCUT2D eigenvalue weighted by Gasteiger charge is 2.25. The fraction of sp³-hybridized carbons (Fsp3) is 0.286. The highest BCUT2D eigenvalue weighted by molar-refractivity contribution is 5.61. The third-order valence-corrected chi connectivity index (χ3v) is 2.91. The zero-order chi connectivity index (χ0) is 15.2. The van der Waals surface area contributed by atoms with Gasteiger partial charge in [0.15, 0.2) is 0 Å². The van der Waals surface area contributed by atoms with E-state index in [0.717, 1.165) is 5.56 Å². The van der Waals surface area contributed by atoms with Crippen molar-refractivity contribution < 1.29 is 9.66 Å². The van der Waals surface area contributed by atoms with E-state index in [1.54, 1.807) is 6.92 Å². The number of hydrogen-bond acceptors (Lipinski definition) is 6. The molecule has 0 amide bonds. The molecular weight excluding hydrogens is 272 g/mol. The molecular formula is C14H16N4O3. The molecule has 0 aliphatic heterocycles. The van der Waals surface area contributed by atoms with Crippen molar-refractivity contribution in [3.8, 4) is 5.88 Å². The predicted octanol–water partition coefficient (Wildman–Crippen LogP) is 2.96. The van der Waals surface area contributed by atoms with Crippen LogP contribution in [0.3, 0.4) is 0 Å². The van der Waals surface area contributed by atoms with E-state index in [2.05, 4.69) is 15.3 Å². The first-order valence-corrected chi connectivity index (χ1v) is 6.57. The van der Waals surface area contributed by atoms with Crippen LogP contribution in [0.2, 0.25) is 0 Å². The van der Waals surface area contributed by atoms with Gasteiger partial charge in [0.05, 0.1) is 17.6 Å². The van der Waals surface area contributed by atoms with Gasteiger partial charge in [-0.3, -0.25) is 10.1 Å². The SMILES string of the molecule is CCOc1ncnc(NC(C)c2ccccc2)c1[N+](=O)[O-]. The number of nitrogens with one attached hydrogen (secondary N) is 1. The third-order valence-electron chi connectivity index (χ3n) is 2.91. The molecule has 21 heavy (non-hydrogen) atoms. The molecule has 0 radical (unpaired) electrons. The second-order valence-corrected chi connectivity index (χ2v) is 4.34. The molecule has 0 saturated carbocycles. The Morgan fingerprint density at radius 1 is 1.33 bits per heavy atom. The molecule has 2 rings (SSSR count). The van der Waals surface area contributed by atoms with Gasteiger partial charge in [-0.2, -0.15) is 4.98 Å². The van der Waals surface area contributed by atoms with Crippen LogP contribution in [-0.2, 0) is 0 Å². The lowest BCUT2D eigenvalue weighted by Gasteiger charge is -2.15. The van der Waals surface area contributed by atoms with Crippen molar-refractivity contribution in [2.45, 2.75) is 19.9 Å². The van der Waals surface area contributed by atoms with E-state index < -0.39 is 4.92 Å². The number of rotatable bonds is 6. The summed E-state index contributed by atoms with van der Waals surface area (Å²) in [4.78, 5) is 18.5. The van der Waals surface area contributed by atoms with Gasteiger partial charge in [0.1, 0.15) is 6.33 Å². The molecule has 0 aliphatic rings. The third kappa shape index (κ3) is 3.44. The fourth-order valence-electron chi connectivity index (χ4n) is 1.91. The Balaban J connectivity index is 2.31. The van der Waals surface area contributed by atoms with E-state index in [9.17, 15) is 10.1 Å². The first-order valence-electron chi connectivity index (χ1n) is 6.57. The van der Waals surface area contributed by atoms with Crippen molar-refractivity contribution in [3.63, 3.8) is 0 Å². The minimum atomic E-state index is -0.537. The zero-order valence-corrected chi connectivity index (χ0v) is 11.8. The van der Waals surface area contributed by atoms with Gasteiger partial charge in [-0.15, -0.1) is 0 Å². The van der Waals surface area contributed by atoms with Crippen LogP contribution in [0, 0.1) is 10.1 Å². The maximum atomic E-state index is 11.2. The van der Waals surface area contributed by atoms with Crippen molar-refractivity contribution in [1.29, 1.82) is 0 Å². The van der Waals surface area contributed by atoms with E-state index in [1.807, 2.05) is 37.3 Å². The Bertz CT molecular complexity index is 619. The Morgan fingerprint density at radius 3 is 2.67 bits per heavy atom. The van der Waals surface area contributed by atoms with Crippen molar-refractivity contribution in [1.82, 2.24) is 9.97 Å². The van der Waals surface area contributed by atoms with Crippen LogP contribution in [0.1, 0.15) is 25.5 Å². The van der Waals surface area contributed by atoms with Gasteiger partial charge in [-0.05, 0) is 19.4 Å².